The summed E-state index contributed by atoms with van der Waals surface area (Å²) in [6.07, 6.45) is 9.47. The number of hydrogen-bond acceptors (Lipinski definition) is 3. The Morgan fingerprint density at radius 1 is 0.697 bits per heavy atom. The van der Waals surface area contributed by atoms with E-state index >= 15 is 0 Å². The molecule has 0 spiro atoms. The molecule has 5 fully saturated rings. The van der Waals surface area contributed by atoms with Crippen molar-refractivity contribution in [2.75, 3.05) is 0 Å². The SMILES string of the molecule is CC(C)(O)[C@H]1CC[C@@]2(C)[C@H]1[C@@H](O)C[C@]1(C)[C@@H]2CC[C@@H]2[C@@]3(C)CCCC(C)(C)[C@@H]3[C@@H](O)C[C@]21C. The van der Waals surface area contributed by atoms with Crippen molar-refractivity contribution < 1.29 is 15.3 Å². The largest absolute Gasteiger partial charge is 0.393 e. The summed E-state index contributed by atoms with van der Waals surface area (Å²) < 4.78 is 0. The highest BCUT2D eigenvalue weighted by molar-refractivity contribution is 5.22. The van der Waals surface area contributed by atoms with E-state index < -0.39 is 5.60 Å². The second-order valence-corrected chi connectivity index (χ2v) is 15.7. The van der Waals surface area contributed by atoms with Gasteiger partial charge in [-0.3, -0.25) is 0 Å². The highest BCUT2D eigenvalue weighted by Crippen LogP contribution is 2.78. The van der Waals surface area contributed by atoms with Crippen LogP contribution in [0, 0.1) is 56.7 Å². The fraction of sp³-hybridized carbons (Fsp3) is 1.00. The normalized spacial score (nSPS) is 58.1. The average molecular weight is 461 g/mol. The third kappa shape index (κ3) is 2.97. The summed E-state index contributed by atoms with van der Waals surface area (Å²) in [6, 6.07) is 0. The monoisotopic (exact) mass is 460 g/mol. The zero-order valence-corrected chi connectivity index (χ0v) is 22.7. The van der Waals surface area contributed by atoms with Gasteiger partial charge in [0, 0.05) is 0 Å². The molecule has 0 aromatic heterocycles. The minimum absolute atomic E-state index is 0.0195. The average Bonchev–Trinajstić information content (AvgIpc) is 3.00. The Hall–Kier alpha value is -0.120. The first-order valence-corrected chi connectivity index (χ1v) is 14.1. The molecule has 5 aliphatic carbocycles. The summed E-state index contributed by atoms with van der Waals surface area (Å²) in [6.45, 7) is 18.7. The van der Waals surface area contributed by atoms with Crippen LogP contribution in [0.15, 0.2) is 0 Å². The molecule has 0 aromatic carbocycles. The topological polar surface area (TPSA) is 60.7 Å². The van der Waals surface area contributed by atoms with E-state index in [-0.39, 0.29) is 51.1 Å². The standard InChI is InChI=1S/C30H52O3/c1-25(2)13-9-14-28(6)22-11-10-21-27(5)15-12-18(26(3,4)33)23(27)19(31)16-29(21,7)30(22,8)17-20(32)24(25)28/h18-24,31-33H,9-17H2,1-8H3/t18-,19-,20-,21+,22+,23+,24-,27+,28+,29+,30+/m0/s1. The molecule has 33 heavy (non-hydrogen) atoms. The van der Waals surface area contributed by atoms with E-state index in [2.05, 4.69) is 41.5 Å². The summed E-state index contributed by atoms with van der Waals surface area (Å²) in [4.78, 5) is 0. The Morgan fingerprint density at radius 2 is 1.24 bits per heavy atom. The van der Waals surface area contributed by atoms with Crippen molar-refractivity contribution >= 4 is 0 Å². The third-order valence-corrected chi connectivity index (χ3v) is 13.4. The molecule has 3 heteroatoms. The van der Waals surface area contributed by atoms with Crippen LogP contribution in [-0.4, -0.2) is 33.1 Å². The summed E-state index contributed by atoms with van der Waals surface area (Å²) in [7, 11) is 0. The zero-order valence-electron chi connectivity index (χ0n) is 22.7. The quantitative estimate of drug-likeness (QED) is 0.437. The van der Waals surface area contributed by atoms with Crippen LogP contribution in [-0.2, 0) is 0 Å². The first kappa shape index (κ1) is 24.6. The molecule has 5 saturated carbocycles. The van der Waals surface area contributed by atoms with Crippen molar-refractivity contribution in [3.05, 3.63) is 0 Å². The molecule has 0 saturated heterocycles. The Morgan fingerprint density at radius 3 is 1.82 bits per heavy atom. The van der Waals surface area contributed by atoms with E-state index in [4.69, 9.17) is 0 Å². The van der Waals surface area contributed by atoms with Gasteiger partial charge >= 0.3 is 0 Å². The van der Waals surface area contributed by atoms with Crippen LogP contribution in [0.5, 0.6) is 0 Å². The minimum Gasteiger partial charge on any atom is -0.393 e. The van der Waals surface area contributed by atoms with Crippen LogP contribution in [0.2, 0.25) is 0 Å². The number of aliphatic hydroxyl groups excluding tert-OH is 2. The van der Waals surface area contributed by atoms with Gasteiger partial charge in [-0.25, -0.2) is 0 Å². The zero-order chi connectivity index (χ0) is 24.4. The summed E-state index contributed by atoms with van der Waals surface area (Å²) >= 11 is 0. The summed E-state index contributed by atoms with van der Waals surface area (Å²) in [5, 5.41) is 34.5. The van der Waals surface area contributed by atoms with Gasteiger partial charge in [0.2, 0.25) is 0 Å². The Balaban J connectivity index is 1.58. The minimum atomic E-state index is -0.742. The predicted octanol–water partition coefficient (Wildman–Crippen LogP) is 6.19. The first-order valence-electron chi connectivity index (χ1n) is 14.1. The number of aliphatic hydroxyl groups is 3. The lowest BCUT2D eigenvalue weighted by Gasteiger charge is -2.74. The lowest BCUT2D eigenvalue weighted by atomic mass is 9.31. The van der Waals surface area contributed by atoms with Crippen molar-refractivity contribution in [2.45, 2.75) is 131 Å². The van der Waals surface area contributed by atoms with E-state index in [1.165, 1.54) is 32.1 Å². The van der Waals surface area contributed by atoms with Gasteiger partial charge < -0.3 is 15.3 Å². The number of fused-ring (bicyclic) bond motifs is 7. The molecule has 5 aliphatic rings. The highest BCUT2D eigenvalue weighted by atomic mass is 16.3. The van der Waals surface area contributed by atoms with Gasteiger partial charge in [-0.05, 0) is 122 Å². The molecule has 3 nitrogen and oxygen atoms in total. The molecular formula is C30H52O3. The van der Waals surface area contributed by atoms with Crippen LogP contribution < -0.4 is 0 Å². The third-order valence-electron chi connectivity index (χ3n) is 13.4. The fourth-order valence-corrected chi connectivity index (χ4v) is 12.4. The van der Waals surface area contributed by atoms with E-state index in [0.717, 1.165) is 25.7 Å². The second kappa shape index (κ2) is 7.00. The molecule has 0 heterocycles. The van der Waals surface area contributed by atoms with Gasteiger partial charge in [-0.15, -0.1) is 0 Å². The summed E-state index contributed by atoms with van der Waals surface area (Å²) in [5.41, 5.74) is -0.245. The van der Waals surface area contributed by atoms with Crippen molar-refractivity contribution in [3.63, 3.8) is 0 Å². The van der Waals surface area contributed by atoms with Crippen LogP contribution in [0.3, 0.4) is 0 Å². The number of rotatable bonds is 1. The predicted molar refractivity (Wildman–Crippen MR) is 134 cm³/mol. The number of hydrogen-bond donors (Lipinski definition) is 3. The Bertz CT molecular complexity index is 799. The van der Waals surface area contributed by atoms with Crippen molar-refractivity contribution in [2.24, 2.45) is 56.7 Å². The maximum absolute atomic E-state index is 11.8. The molecule has 5 rings (SSSR count). The van der Waals surface area contributed by atoms with Gasteiger partial charge in [0.05, 0.1) is 17.8 Å². The fourth-order valence-electron chi connectivity index (χ4n) is 12.4. The molecule has 0 bridgehead atoms. The van der Waals surface area contributed by atoms with Gasteiger partial charge in [-0.1, -0.05) is 48.0 Å². The van der Waals surface area contributed by atoms with Gasteiger partial charge in [0.15, 0.2) is 0 Å². The molecule has 0 aromatic rings. The Kier molecular flexibility index (Phi) is 5.21. The van der Waals surface area contributed by atoms with Gasteiger partial charge in [0.25, 0.3) is 0 Å². The molecule has 0 amide bonds. The van der Waals surface area contributed by atoms with Crippen LogP contribution in [0.4, 0.5) is 0 Å². The maximum Gasteiger partial charge on any atom is 0.0623 e. The molecule has 3 N–H and O–H groups in total. The lowest BCUT2D eigenvalue weighted by molar-refractivity contribution is -0.280. The van der Waals surface area contributed by atoms with E-state index in [9.17, 15) is 15.3 Å². The molecule has 0 unspecified atom stereocenters. The van der Waals surface area contributed by atoms with E-state index in [1.54, 1.807) is 0 Å². The van der Waals surface area contributed by atoms with Gasteiger partial charge in [0.1, 0.15) is 0 Å². The van der Waals surface area contributed by atoms with Crippen molar-refractivity contribution in [1.82, 2.24) is 0 Å². The molecule has 0 radical (unpaired) electrons. The second-order valence-electron chi connectivity index (χ2n) is 15.7. The molecule has 190 valence electrons. The van der Waals surface area contributed by atoms with E-state index in [1.807, 2.05) is 13.8 Å². The molecular weight excluding hydrogens is 408 g/mol. The smallest absolute Gasteiger partial charge is 0.0623 e. The van der Waals surface area contributed by atoms with Crippen LogP contribution in [0.1, 0.15) is 113 Å². The van der Waals surface area contributed by atoms with Crippen molar-refractivity contribution in [3.8, 4) is 0 Å². The van der Waals surface area contributed by atoms with E-state index in [0.29, 0.717) is 17.8 Å². The van der Waals surface area contributed by atoms with Crippen LogP contribution in [0.25, 0.3) is 0 Å². The lowest BCUT2D eigenvalue weighted by Crippen LogP contribution is -2.70. The van der Waals surface area contributed by atoms with Gasteiger partial charge in [-0.2, -0.15) is 0 Å². The van der Waals surface area contributed by atoms with Crippen molar-refractivity contribution in [1.29, 1.82) is 0 Å². The first-order chi connectivity index (χ1) is 15.0. The molecule has 0 aliphatic heterocycles. The maximum atomic E-state index is 11.8. The summed E-state index contributed by atoms with van der Waals surface area (Å²) in [5.74, 6) is 1.89. The Labute approximate surface area is 203 Å². The van der Waals surface area contributed by atoms with Crippen LogP contribution >= 0.6 is 0 Å². The molecule has 11 atom stereocenters. The highest BCUT2D eigenvalue weighted by Gasteiger charge is 2.73.